The lowest BCUT2D eigenvalue weighted by molar-refractivity contribution is 0.190. The number of rotatable bonds is 8. The van der Waals surface area contributed by atoms with Gasteiger partial charge in [0.1, 0.15) is 5.82 Å². The maximum atomic E-state index is 6.41. The molecular weight excluding hydrogens is 385 g/mol. The fourth-order valence-corrected chi connectivity index (χ4v) is 3.21. The second-order valence-electron chi connectivity index (χ2n) is 5.96. The largest absolute Gasteiger partial charge is 0.383 e. The number of hydrogen-bond donors (Lipinski definition) is 0. The van der Waals surface area contributed by atoms with Crippen molar-refractivity contribution in [3.63, 3.8) is 0 Å². The highest BCUT2D eigenvalue weighted by Crippen LogP contribution is 2.34. The van der Waals surface area contributed by atoms with Crippen molar-refractivity contribution in [3.05, 3.63) is 52.5 Å². The van der Waals surface area contributed by atoms with Gasteiger partial charge >= 0.3 is 0 Å². The highest BCUT2D eigenvalue weighted by atomic mass is 35.5. The van der Waals surface area contributed by atoms with Crippen LogP contribution in [0.25, 0.3) is 22.3 Å². The molecule has 1 aromatic heterocycles. The molecule has 5 nitrogen and oxygen atoms in total. The zero-order valence-electron chi connectivity index (χ0n) is 15.3. The molecule has 142 valence electrons. The molecule has 0 saturated carbocycles. The van der Waals surface area contributed by atoms with E-state index in [0.717, 1.165) is 16.7 Å². The Morgan fingerprint density at radius 3 is 2.30 bits per heavy atom. The number of hydrogen-bond acceptors (Lipinski definition) is 5. The lowest BCUT2D eigenvalue weighted by Gasteiger charge is -2.25. The van der Waals surface area contributed by atoms with Crippen LogP contribution in [0.15, 0.2) is 42.5 Å². The van der Waals surface area contributed by atoms with Crippen LogP contribution in [0.2, 0.25) is 10.0 Å². The van der Waals surface area contributed by atoms with Crippen molar-refractivity contribution >= 4 is 39.9 Å². The summed E-state index contributed by atoms with van der Waals surface area (Å²) in [5.41, 5.74) is 1.54. The number of ether oxygens (including phenoxy) is 2. The zero-order chi connectivity index (χ0) is 19.2. The molecule has 0 aliphatic heterocycles. The van der Waals surface area contributed by atoms with E-state index in [4.69, 9.17) is 42.6 Å². The average Bonchev–Trinajstić information content (AvgIpc) is 2.69. The topological polar surface area (TPSA) is 47.5 Å². The maximum absolute atomic E-state index is 6.41. The predicted octanol–water partition coefficient (Wildman–Crippen LogP) is 4.70. The maximum Gasteiger partial charge on any atom is 0.163 e. The van der Waals surface area contributed by atoms with Crippen molar-refractivity contribution in [3.8, 4) is 11.4 Å². The molecule has 0 atom stereocenters. The van der Waals surface area contributed by atoms with Crippen molar-refractivity contribution in [2.45, 2.75) is 0 Å². The summed E-state index contributed by atoms with van der Waals surface area (Å²) in [4.78, 5) is 11.7. The fourth-order valence-electron chi connectivity index (χ4n) is 2.82. The molecule has 0 unspecified atom stereocenters. The first-order chi connectivity index (χ1) is 13.2. The van der Waals surface area contributed by atoms with E-state index in [1.54, 1.807) is 20.3 Å². The average molecular weight is 406 g/mol. The van der Waals surface area contributed by atoms with Crippen LogP contribution >= 0.6 is 23.2 Å². The Balaban J connectivity index is 2.16. The van der Waals surface area contributed by atoms with Crippen LogP contribution < -0.4 is 4.90 Å². The van der Waals surface area contributed by atoms with Gasteiger partial charge in [-0.2, -0.15) is 0 Å². The van der Waals surface area contributed by atoms with Gasteiger partial charge in [-0.15, -0.1) is 0 Å². The summed E-state index contributed by atoms with van der Waals surface area (Å²) in [6, 6.07) is 13.4. The van der Waals surface area contributed by atoms with Crippen molar-refractivity contribution in [1.29, 1.82) is 0 Å². The quantitative estimate of drug-likeness (QED) is 0.543. The second-order valence-corrected chi connectivity index (χ2v) is 6.75. The van der Waals surface area contributed by atoms with E-state index in [2.05, 4.69) is 4.90 Å². The van der Waals surface area contributed by atoms with Gasteiger partial charge in [0.2, 0.25) is 0 Å². The van der Waals surface area contributed by atoms with Gasteiger partial charge in [-0.3, -0.25) is 0 Å². The Labute approximate surface area is 168 Å². The van der Waals surface area contributed by atoms with Gasteiger partial charge in [-0.25, -0.2) is 9.97 Å². The minimum absolute atomic E-state index is 0.445. The van der Waals surface area contributed by atoms with Crippen LogP contribution in [0.4, 0.5) is 5.82 Å². The molecule has 27 heavy (non-hydrogen) atoms. The standard InChI is InChI=1S/C20H21Cl2N3O2/c1-26-12-10-25(11-13-27-2)20-14-6-3-4-9-17(14)23-19(24-20)15-7-5-8-16(21)18(15)22/h3-9H,10-13H2,1-2H3. The normalized spacial score (nSPS) is 11.1. The minimum atomic E-state index is 0.445. The smallest absolute Gasteiger partial charge is 0.163 e. The Morgan fingerprint density at radius 1 is 0.889 bits per heavy atom. The molecule has 0 radical (unpaired) electrons. The molecule has 0 aliphatic carbocycles. The Bertz CT molecular complexity index is 913. The Morgan fingerprint density at radius 2 is 1.59 bits per heavy atom. The van der Waals surface area contributed by atoms with Gasteiger partial charge in [-0.1, -0.05) is 41.4 Å². The van der Waals surface area contributed by atoms with Gasteiger partial charge in [-0.05, 0) is 24.3 Å². The summed E-state index contributed by atoms with van der Waals surface area (Å²) in [6.07, 6.45) is 0. The van der Waals surface area contributed by atoms with Gasteiger partial charge in [0, 0.05) is 38.3 Å². The highest BCUT2D eigenvalue weighted by molar-refractivity contribution is 6.43. The van der Waals surface area contributed by atoms with E-state index in [9.17, 15) is 0 Å². The molecule has 0 aliphatic rings. The molecule has 1 heterocycles. The number of para-hydroxylation sites is 1. The Kier molecular flexibility index (Phi) is 6.85. The van der Waals surface area contributed by atoms with Crippen LogP contribution in [0.5, 0.6) is 0 Å². The lowest BCUT2D eigenvalue weighted by Crippen LogP contribution is -2.31. The summed E-state index contributed by atoms with van der Waals surface area (Å²) >= 11 is 12.6. The fraction of sp³-hybridized carbons (Fsp3) is 0.300. The first-order valence-corrected chi connectivity index (χ1v) is 9.35. The van der Waals surface area contributed by atoms with Crippen LogP contribution in [0.1, 0.15) is 0 Å². The first-order valence-electron chi connectivity index (χ1n) is 8.59. The van der Waals surface area contributed by atoms with Gasteiger partial charge in [0.05, 0.1) is 28.8 Å². The van der Waals surface area contributed by atoms with E-state index < -0.39 is 0 Å². The summed E-state index contributed by atoms with van der Waals surface area (Å²) in [6.45, 7) is 2.53. The number of fused-ring (bicyclic) bond motifs is 1. The molecule has 2 aromatic carbocycles. The van der Waals surface area contributed by atoms with E-state index in [-0.39, 0.29) is 0 Å². The lowest BCUT2D eigenvalue weighted by atomic mass is 10.1. The van der Waals surface area contributed by atoms with Gasteiger partial charge in [0.25, 0.3) is 0 Å². The second kappa shape index (κ2) is 9.33. The SMILES string of the molecule is COCCN(CCOC)c1nc(-c2cccc(Cl)c2Cl)nc2ccccc12. The third-order valence-electron chi connectivity index (χ3n) is 4.21. The van der Waals surface area contributed by atoms with Crippen LogP contribution in [-0.4, -0.2) is 50.5 Å². The first kappa shape index (κ1) is 19.8. The molecule has 3 rings (SSSR count). The summed E-state index contributed by atoms with van der Waals surface area (Å²) < 4.78 is 10.5. The van der Waals surface area contributed by atoms with Crippen LogP contribution in [0.3, 0.4) is 0 Å². The third-order valence-corrected chi connectivity index (χ3v) is 5.02. The molecule has 0 bridgehead atoms. The number of anilines is 1. The van der Waals surface area contributed by atoms with E-state index in [1.165, 1.54) is 0 Å². The van der Waals surface area contributed by atoms with Gasteiger partial charge < -0.3 is 14.4 Å². The number of aromatic nitrogens is 2. The van der Waals surface area contributed by atoms with Gasteiger partial charge in [0.15, 0.2) is 5.82 Å². The third kappa shape index (κ3) is 4.50. The zero-order valence-corrected chi connectivity index (χ0v) is 16.8. The molecule has 7 heteroatoms. The summed E-state index contributed by atoms with van der Waals surface area (Å²) in [5.74, 6) is 1.36. The number of nitrogens with zero attached hydrogens (tertiary/aromatic N) is 3. The molecular formula is C20H21Cl2N3O2. The van der Waals surface area contributed by atoms with E-state index in [1.807, 2.05) is 36.4 Å². The molecule has 0 spiro atoms. The number of methoxy groups -OCH3 is 2. The summed E-state index contributed by atoms with van der Waals surface area (Å²) in [5, 5.41) is 1.88. The minimum Gasteiger partial charge on any atom is -0.383 e. The molecule has 0 saturated heterocycles. The predicted molar refractivity (Wildman–Crippen MR) is 111 cm³/mol. The van der Waals surface area contributed by atoms with Crippen molar-refractivity contribution in [2.24, 2.45) is 0 Å². The molecule has 0 N–H and O–H groups in total. The van der Waals surface area contributed by atoms with Crippen molar-refractivity contribution in [2.75, 3.05) is 45.4 Å². The molecule has 0 fully saturated rings. The van der Waals surface area contributed by atoms with E-state index >= 15 is 0 Å². The number of halogens is 2. The molecule has 0 amide bonds. The van der Waals surface area contributed by atoms with Crippen molar-refractivity contribution < 1.29 is 9.47 Å². The highest BCUT2D eigenvalue weighted by Gasteiger charge is 2.17. The van der Waals surface area contributed by atoms with Crippen LogP contribution in [0, 0.1) is 0 Å². The number of benzene rings is 2. The Hall–Kier alpha value is -1.92. The van der Waals surface area contributed by atoms with Crippen LogP contribution in [-0.2, 0) is 9.47 Å². The van der Waals surface area contributed by atoms with E-state index in [0.29, 0.717) is 47.7 Å². The molecule has 3 aromatic rings. The van der Waals surface area contributed by atoms with Crippen molar-refractivity contribution in [1.82, 2.24) is 9.97 Å². The monoisotopic (exact) mass is 405 g/mol. The summed E-state index contributed by atoms with van der Waals surface area (Å²) in [7, 11) is 3.37.